The molecular weight excluding hydrogens is 425 g/mol. The average Bonchev–Trinajstić information content (AvgIpc) is 3.12. The van der Waals surface area contributed by atoms with Crippen LogP contribution in [0.2, 0.25) is 0 Å². The zero-order chi connectivity index (χ0) is 22.9. The number of fused-ring (bicyclic) bond motifs is 1. The first-order valence-corrected chi connectivity index (χ1v) is 9.35. The van der Waals surface area contributed by atoms with Crippen LogP contribution in [0, 0.1) is 0 Å². The number of nitrogens with zero attached hydrogens (tertiary/aromatic N) is 4. The summed E-state index contributed by atoms with van der Waals surface area (Å²) in [5.41, 5.74) is 7.25. The standard InChI is InChI=1S/C21H17F3N6O2/c1-32-19-16(27-18(31)8-12-3-2-4-15(7-12)21(22,23)24)9-14(11-26-19)13-5-6-30-17(10-13)28-20(25)29-30/h2-7,9-11H,8H2,1H3,(H2,25,29)(H,27,31). The van der Waals surface area contributed by atoms with Gasteiger partial charge in [-0.1, -0.05) is 18.2 Å². The van der Waals surface area contributed by atoms with Gasteiger partial charge in [-0.05, 0) is 35.4 Å². The SMILES string of the molecule is COc1ncc(-c2ccn3nc(N)nc3c2)cc1NC(=O)Cc1cccc(C(F)(F)F)c1. The van der Waals surface area contributed by atoms with E-state index in [9.17, 15) is 18.0 Å². The van der Waals surface area contributed by atoms with Gasteiger partial charge in [-0.3, -0.25) is 4.79 Å². The summed E-state index contributed by atoms with van der Waals surface area (Å²) in [6, 6.07) is 9.81. The fourth-order valence-electron chi connectivity index (χ4n) is 3.18. The Morgan fingerprint density at radius 3 is 2.75 bits per heavy atom. The topological polar surface area (TPSA) is 107 Å². The predicted molar refractivity (Wildman–Crippen MR) is 111 cm³/mol. The van der Waals surface area contributed by atoms with E-state index in [-0.39, 0.29) is 29.5 Å². The third-order valence-corrected chi connectivity index (χ3v) is 4.62. The number of halogens is 3. The number of amides is 1. The minimum absolute atomic E-state index is 0.137. The molecule has 0 spiro atoms. The number of nitrogens with one attached hydrogen (secondary N) is 1. The smallest absolute Gasteiger partial charge is 0.416 e. The van der Waals surface area contributed by atoms with E-state index in [1.54, 1.807) is 30.6 Å². The number of ether oxygens (including phenoxy) is 1. The fraction of sp³-hybridized carbons (Fsp3) is 0.143. The molecule has 3 heterocycles. The summed E-state index contributed by atoms with van der Waals surface area (Å²) in [5.74, 6) is -0.209. The first-order valence-electron chi connectivity index (χ1n) is 9.35. The van der Waals surface area contributed by atoms with Crippen LogP contribution >= 0.6 is 0 Å². The zero-order valence-electron chi connectivity index (χ0n) is 16.7. The number of hydrogen-bond donors (Lipinski definition) is 2. The lowest BCUT2D eigenvalue weighted by Gasteiger charge is -2.12. The van der Waals surface area contributed by atoms with Gasteiger partial charge in [-0.2, -0.15) is 18.2 Å². The average molecular weight is 442 g/mol. The third-order valence-electron chi connectivity index (χ3n) is 4.62. The molecule has 3 N–H and O–H groups in total. The molecule has 0 aliphatic heterocycles. The molecule has 1 amide bonds. The number of hydrogen-bond acceptors (Lipinski definition) is 6. The fourth-order valence-corrected chi connectivity index (χ4v) is 3.18. The second-order valence-corrected chi connectivity index (χ2v) is 6.89. The molecule has 11 heteroatoms. The highest BCUT2D eigenvalue weighted by Gasteiger charge is 2.30. The van der Waals surface area contributed by atoms with Crippen LogP contribution in [0.15, 0.2) is 54.9 Å². The number of carbonyl (C=O) groups is 1. The summed E-state index contributed by atoms with van der Waals surface area (Å²) in [6.45, 7) is 0. The molecule has 4 aromatic rings. The normalized spacial score (nSPS) is 11.5. The van der Waals surface area contributed by atoms with Gasteiger partial charge in [0.05, 0.1) is 19.1 Å². The quantitative estimate of drug-likeness (QED) is 0.489. The lowest BCUT2D eigenvalue weighted by Crippen LogP contribution is -2.16. The highest BCUT2D eigenvalue weighted by Crippen LogP contribution is 2.31. The molecule has 0 radical (unpaired) electrons. The zero-order valence-corrected chi connectivity index (χ0v) is 16.7. The van der Waals surface area contributed by atoms with E-state index in [4.69, 9.17) is 10.5 Å². The van der Waals surface area contributed by atoms with Crippen LogP contribution in [0.3, 0.4) is 0 Å². The Bertz CT molecular complexity index is 1300. The number of rotatable bonds is 5. The van der Waals surface area contributed by atoms with E-state index in [0.29, 0.717) is 11.2 Å². The molecule has 0 atom stereocenters. The minimum atomic E-state index is -4.48. The Labute approximate surface area is 179 Å². The van der Waals surface area contributed by atoms with E-state index in [1.807, 2.05) is 0 Å². The molecule has 0 aliphatic rings. The summed E-state index contributed by atoms with van der Waals surface area (Å²) in [7, 11) is 1.40. The summed E-state index contributed by atoms with van der Waals surface area (Å²) in [5, 5.41) is 6.67. The number of benzene rings is 1. The second kappa shape index (κ2) is 8.17. The first kappa shape index (κ1) is 21.1. The second-order valence-electron chi connectivity index (χ2n) is 6.89. The van der Waals surface area contributed by atoms with Gasteiger partial charge >= 0.3 is 6.18 Å². The van der Waals surface area contributed by atoms with Gasteiger partial charge in [-0.25, -0.2) is 9.50 Å². The minimum Gasteiger partial charge on any atom is -0.480 e. The molecule has 32 heavy (non-hydrogen) atoms. The molecule has 0 bridgehead atoms. The number of anilines is 2. The van der Waals surface area contributed by atoms with Gasteiger partial charge in [0.15, 0.2) is 5.65 Å². The lowest BCUT2D eigenvalue weighted by atomic mass is 10.1. The van der Waals surface area contributed by atoms with E-state index in [0.717, 1.165) is 17.7 Å². The van der Waals surface area contributed by atoms with Crippen molar-refractivity contribution in [2.24, 2.45) is 0 Å². The highest BCUT2D eigenvalue weighted by atomic mass is 19.4. The Kier molecular flexibility index (Phi) is 5.39. The molecule has 0 unspecified atom stereocenters. The van der Waals surface area contributed by atoms with Crippen molar-refractivity contribution in [3.05, 3.63) is 66.0 Å². The number of pyridine rings is 2. The van der Waals surface area contributed by atoms with Gasteiger partial charge < -0.3 is 15.8 Å². The molecule has 0 saturated carbocycles. The van der Waals surface area contributed by atoms with Crippen LogP contribution in [0.1, 0.15) is 11.1 Å². The van der Waals surface area contributed by atoms with Crippen molar-refractivity contribution >= 4 is 23.2 Å². The van der Waals surface area contributed by atoms with Crippen LogP contribution in [-0.2, 0) is 17.4 Å². The summed E-state index contributed by atoms with van der Waals surface area (Å²) in [4.78, 5) is 20.8. The number of aromatic nitrogens is 4. The maximum Gasteiger partial charge on any atom is 0.416 e. The Hall–Kier alpha value is -4.15. The monoisotopic (exact) mass is 442 g/mol. The van der Waals surface area contributed by atoms with Crippen molar-refractivity contribution in [1.29, 1.82) is 0 Å². The van der Waals surface area contributed by atoms with E-state index < -0.39 is 17.6 Å². The largest absolute Gasteiger partial charge is 0.480 e. The Balaban J connectivity index is 1.58. The molecule has 4 rings (SSSR count). The predicted octanol–water partition coefficient (Wildman–Crippen LogP) is 3.58. The molecule has 0 aliphatic carbocycles. The third kappa shape index (κ3) is 4.46. The van der Waals surface area contributed by atoms with E-state index in [1.165, 1.54) is 23.8 Å². The maximum atomic E-state index is 12.9. The number of alkyl halides is 3. The summed E-state index contributed by atoms with van der Waals surface area (Å²) >= 11 is 0. The van der Waals surface area contributed by atoms with Crippen LogP contribution in [0.4, 0.5) is 24.8 Å². The van der Waals surface area contributed by atoms with Gasteiger partial charge in [0.25, 0.3) is 0 Å². The molecule has 0 fully saturated rings. The molecule has 0 saturated heterocycles. The molecule has 1 aromatic carbocycles. The van der Waals surface area contributed by atoms with Gasteiger partial charge in [0, 0.05) is 18.0 Å². The van der Waals surface area contributed by atoms with Crippen molar-refractivity contribution in [2.45, 2.75) is 12.6 Å². The number of nitrogen functional groups attached to an aromatic ring is 1. The van der Waals surface area contributed by atoms with Crippen molar-refractivity contribution in [3.8, 4) is 17.0 Å². The van der Waals surface area contributed by atoms with Crippen LogP contribution in [0.5, 0.6) is 5.88 Å². The first-order chi connectivity index (χ1) is 15.2. The lowest BCUT2D eigenvalue weighted by molar-refractivity contribution is -0.137. The van der Waals surface area contributed by atoms with Crippen molar-refractivity contribution < 1.29 is 22.7 Å². The van der Waals surface area contributed by atoms with Crippen molar-refractivity contribution in [3.63, 3.8) is 0 Å². The van der Waals surface area contributed by atoms with Crippen LogP contribution in [0.25, 0.3) is 16.8 Å². The van der Waals surface area contributed by atoms with Crippen molar-refractivity contribution in [1.82, 2.24) is 19.6 Å². The highest BCUT2D eigenvalue weighted by molar-refractivity contribution is 5.94. The van der Waals surface area contributed by atoms with Gasteiger partial charge in [0.1, 0.15) is 5.69 Å². The number of nitrogens with two attached hydrogens (primary N) is 1. The molecule has 164 valence electrons. The van der Waals surface area contributed by atoms with Gasteiger partial charge in [0.2, 0.25) is 17.7 Å². The van der Waals surface area contributed by atoms with E-state index in [2.05, 4.69) is 20.4 Å². The van der Waals surface area contributed by atoms with Crippen molar-refractivity contribution in [2.75, 3.05) is 18.2 Å². The van der Waals surface area contributed by atoms with E-state index >= 15 is 0 Å². The number of methoxy groups -OCH3 is 1. The molecule has 3 aromatic heterocycles. The molecule has 8 nitrogen and oxygen atoms in total. The van der Waals surface area contributed by atoms with Crippen LogP contribution in [-0.4, -0.2) is 32.6 Å². The Morgan fingerprint density at radius 2 is 2.00 bits per heavy atom. The summed E-state index contributed by atoms with van der Waals surface area (Å²) in [6.07, 6.45) is -1.48. The molecular formula is C21H17F3N6O2. The summed E-state index contributed by atoms with van der Waals surface area (Å²) < 4.78 is 45.5. The van der Waals surface area contributed by atoms with Crippen LogP contribution < -0.4 is 15.8 Å². The number of carbonyl (C=O) groups excluding carboxylic acids is 1. The van der Waals surface area contributed by atoms with Gasteiger partial charge in [-0.15, -0.1) is 5.10 Å². The maximum absolute atomic E-state index is 12.9. The Morgan fingerprint density at radius 1 is 1.19 bits per heavy atom.